The van der Waals surface area contributed by atoms with Crippen molar-refractivity contribution in [1.29, 1.82) is 0 Å². The Labute approximate surface area is 232 Å². The van der Waals surface area contributed by atoms with Gasteiger partial charge in [-0.1, -0.05) is 29.8 Å². The van der Waals surface area contributed by atoms with Crippen LogP contribution in [-0.2, 0) is 14.2 Å². The van der Waals surface area contributed by atoms with E-state index in [2.05, 4.69) is 10.00 Å². The molecule has 10 nitrogen and oxygen atoms in total. The number of carbonyl (C=O) groups excluding carboxylic acids is 3. The van der Waals surface area contributed by atoms with Crippen LogP contribution in [0.4, 0.5) is 10.5 Å². The van der Waals surface area contributed by atoms with Gasteiger partial charge in [0.15, 0.2) is 5.69 Å². The van der Waals surface area contributed by atoms with Crippen LogP contribution in [0.3, 0.4) is 0 Å². The fraction of sp³-hybridized carbons (Fsp3) is 0.357. The summed E-state index contributed by atoms with van der Waals surface area (Å²) in [4.78, 5) is 41.9. The number of anilines is 1. The topological polar surface area (TPSA) is 103 Å². The van der Waals surface area contributed by atoms with Crippen LogP contribution in [0.25, 0.3) is 16.9 Å². The van der Waals surface area contributed by atoms with Crippen LogP contribution in [0.15, 0.2) is 48.5 Å². The molecule has 0 saturated carbocycles. The molecule has 11 heteroatoms. The second-order valence-electron chi connectivity index (χ2n) is 9.92. The van der Waals surface area contributed by atoms with Crippen molar-refractivity contribution in [3.63, 3.8) is 0 Å². The number of ether oxygens (including phenoxy) is 3. The molecule has 1 amide bonds. The van der Waals surface area contributed by atoms with Gasteiger partial charge < -0.3 is 24.0 Å². The second-order valence-corrected chi connectivity index (χ2v) is 10.3. The van der Waals surface area contributed by atoms with Crippen LogP contribution in [0.5, 0.6) is 0 Å². The third-order valence-corrected chi connectivity index (χ3v) is 6.47. The van der Waals surface area contributed by atoms with Crippen molar-refractivity contribution in [2.45, 2.75) is 26.4 Å². The molecule has 1 saturated heterocycles. The monoisotopic (exact) mass is 554 g/mol. The number of esters is 2. The Kier molecular flexibility index (Phi) is 8.15. The molecule has 0 N–H and O–H groups in total. The summed E-state index contributed by atoms with van der Waals surface area (Å²) >= 11 is 6.75. The Bertz CT molecular complexity index is 1370. The van der Waals surface area contributed by atoms with E-state index < -0.39 is 17.5 Å². The lowest BCUT2D eigenvalue weighted by Gasteiger charge is -2.36. The lowest BCUT2D eigenvalue weighted by atomic mass is 10.0. The van der Waals surface area contributed by atoms with Gasteiger partial charge >= 0.3 is 18.0 Å². The summed E-state index contributed by atoms with van der Waals surface area (Å²) in [6.45, 7) is 7.72. The van der Waals surface area contributed by atoms with E-state index >= 15 is 0 Å². The van der Waals surface area contributed by atoms with Crippen LogP contribution < -0.4 is 4.90 Å². The fourth-order valence-corrected chi connectivity index (χ4v) is 4.57. The molecule has 0 atom stereocenters. The van der Waals surface area contributed by atoms with Gasteiger partial charge in [0.2, 0.25) is 0 Å². The van der Waals surface area contributed by atoms with Crippen molar-refractivity contribution in [3.05, 3.63) is 64.8 Å². The van der Waals surface area contributed by atoms with Crippen molar-refractivity contribution >= 4 is 35.3 Å². The standard InChI is InChI=1S/C28H31ClN4O6/c1-28(2,3)39-27(36)32-15-13-31(14-16-32)19-11-12-20(21(29)17-19)23-22(25(34)37-4)24(26(35)38-5)33(30-23)18-9-7-6-8-10-18/h6-12,17H,13-16H2,1-5H3. The number of piperazine rings is 1. The molecule has 0 aliphatic carbocycles. The molecule has 1 fully saturated rings. The molecule has 0 radical (unpaired) electrons. The zero-order valence-corrected chi connectivity index (χ0v) is 23.3. The summed E-state index contributed by atoms with van der Waals surface area (Å²) < 4.78 is 16.8. The molecule has 39 heavy (non-hydrogen) atoms. The molecule has 0 bridgehead atoms. The molecule has 206 valence electrons. The smallest absolute Gasteiger partial charge is 0.410 e. The molecule has 1 aromatic heterocycles. The van der Waals surface area contributed by atoms with Crippen molar-refractivity contribution in [2.24, 2.45) is 0 Å². The van der Waals surface area contributed by atoms with E-state index in [1.807, 2.05) is 32.9 Å². The number of carbonyl (C=O) groups is 3. The maximum Gasteiger partial charge on any atom is 0.410 e. The third-order valence-electron chi connectivity index (χ3n) is 6.16. The molecule has 1 aliphatic heterocycles. The number of methoxy groups -OCH3 is 2. The average Bonchev–Trinajstić information content (AvgIpc) is 3.32. The van der Waals surface area contributed by atoms with Crippen LogP contribution >= 0.6 is 11.6 Å². The number of benzene rings is 2. The minimum atomic E-state index is -0.744. The Balaban J connectivity index is 1.67. The Morgan fingerprint density at radius 3 is 2.08 bits per heavy atom. The summed E-state index contributed by atoms with van der Waals surface area (Å²) in [5.74, 6) is -1.49. The molecule has 3 aromatic rings. The van der Waals surface area contributed by atoms with Gasteiger partial charge in [-0.25, -0.2) is 19.1 Å². The van der Waals surface area contributed by atoms with E-state index in [9.17, 15) is 14.4 Å². The summed E-state index contributed by atoms with van der Waals surface area (Å²) in [6, 6.07) is 14.3. The van der Waals surface area contributed by atoms with Gasteiger partial charge in [0.1, 0.15) is 16.9 Å². The van der Waals surface area contributed by atoms with E-state index in [4.69, 9.17) is 25.8 Å². The minimum Gasteiger partial charge on any atom is -0.465 e. The predicted octanol–water partition coefficient (Wildman–Crippen LogP) is 4.82. The molecule has 2 heterocycles. The number of rotatable bonds is 5. The number of halogens is 1. The summed E-state index contributed by atoms with van der Waals surface area (Å²) in [5.41, 5.74) is 1.39. The first-order valence-corrected chi connectivity index (χ1v) is 12.8. The maximum absolute atomic E-state index is 12.9. The van der Waals surface area contributed by atoms with Crippen LogP contribution in [0.1, 0.15) is 41.6 Å². The summed E-state index contributed by atoms with van der Waals surface area (Å²) in [7, 11) is 2.46. The number of nitrogens with zero attached hydrogens (tertiary/aromatic N) is 4. The van der Waals surface area contributed by atoms with Gasteiger partial charge in [0.05, 0.1) is 24.9 Å². The lowest BCUT2D eigenvalue weighted by Crippen LogP contribution is -2.50. The first-order valence-electron chi connectivity index (χ1n) is 12.4. The zero-order chi connectivity index (χ0) is 28.3. The van der Waals surface area contributed by atoms with Crippen molar-refractivity contribution in [2.75, 3.05) is 45.3 Å². The second kappa shape index (κ2) is 11.4. The molecule has 4 rings (SSSR count). The van der Waals surface area contributed by atoms with Gasteiger partial charge in [-0.05, 0) is 51.1 Å². The van der Waals surface area contributed by atoms with E-state index in [1.165, 1.54) is 18.9 Å². The highest BCUT2D eigenvalue weighted by atomic mass is 35.5. The highest BCUT2D eigenvalue weighted by Gasteiger charge is 2.32. The Morgan fingerprint density at radius 1 is 0.872 bits per heavy atom. The van der Waals surface area contributed by atoms with Gasteiger partial charge in [-0.3, -0.25) is 0 Å². The summed E-state index contributed by atoms with van der Waals surface area (Å²) in [5, 5.41) is 4.94. The highest BCUT2D eigenvalue weighted by Crippen LogP contribution is 2.36. The molecule has 2 aromatic carbocycles. The van der Waals surface area contributed by atoms with Gasteiger partial charge in [0, 0.05) is 37.4 Å². The number of hydrogen-bond acceptors (Lipinski definition) is 8. The molecule has 0 unspecified atom stereocenters. The van der Waals surface area contributed by atoms with E-state index in [-0.39, 0.29) is 23.0 Å². The first kappa shape index (κ1) is 28.0. The quantitative estimate of drug-likeness (QED) is 0.326. The van der Waals surface area contributed by atoms with Crippen LogP contribution in [-0.4, -0.2) is 78.7 Å². The van der Waals surface area contributed by atoms with Gasteiger partial charge in [-0.2, -0.15) is 5.10 Å². The molecular formula is C28H31ClN4O6. The molecule has 0 spiro atoms. The lowest BCUT2D eigenvalue weighted by molar-refractivity contribution is 0.0240. The third kappa shape index (κ3) is 6.01. The largest absolute Gasteiger partial charge is 0.465 e. The van der Waals surface area contributed by atoms with Crippen molar-refractivity contribution in [1.82, 2.24) is 14.7 Å². The SMILES string of the molecule is COC(=O)c1c(-c2ccc(N3CCN(C(=O)OC(C)(C)C)CC3)cc2Cl)nn(-c2ccccc2)c1C(=O)OC. The van der Waals surface area contributed by atoms with Gasteiger partial charge in [-0.15, -0.1) is 0 Å². The normalized spacial score (nSPS) is 13.7. The Hall–Kier alpha value is -4.05. The Morgan fingerprint density at radius 2 is 1.51 bits per heavy atom. The number of aromatic nitrogens is 2. The van der Waals surface area contributed by atoms with E-state index in [0.717, 1.165) is 5.69 Å². The van der Waals surface area contributed by atoms with Crippen LogP contribution in [0, 0.1) is 0 Å². The fourth-order valence-electron chi connectivity index (χ4n) is 4.31. The van der Waals surface area contributed by atoms with E-state index in [1.54, 1.807) is 41.3 Å². The number of para-hydroxylation sites is 1. The summed E-state index contributed by atoms with van der Waals surface area (Å²) in [6.07, 6.45) is -0.332. The van der Waals surface area contributed by atoms with Crippen molar-refractivity contribution in [3.8, 4) is 16.9 Å². The minimum absolute atomic E-state index is 0.0474. The number of hydrogen-bond donors (Lipinski definition) is 0. The number of amides is 1. The highest BCUT2D eigenvalue weighted by molar-refractivity contribution is 6.33. The van der Waals surface area contributed by atoms with Crippen LogP contribution in [0.2, 0.25) is 5.02 Å². The van der Waals surface area contributed by atoms with E-state index in [0.29, 0.717) is 42.5 Å². The predicted molar refractivity (Wildman–Crippen MR) is 147 cm³/mol. The maximum atomic E-state index is 12.9. The zero-order valence-electron chi connectivity index (χ0n) is 22.6. The van der Waals surface area contributed by atoms with Gasteiger partial charge in [0.25, 0.3) is 0 Å². The molecular weight excluding hydrogens is 524 g/mol. The molecule has 1 aliphatic rings. The average molecular weight is 555 g/mol. The first-order chi connectivity index (χ1) is 18.5. The van der Waals surface area contributed by atoms with Crippen molar-refractivity contribution < 1.29 is 28.6 Å².